The molecule has 0 unspecified atom stereocenters. The molecule has 3 saturated heterocycles. The van der Waals surface area contributed by atoms with Crippen LogP contribution in [0.25, 0.3) is 10.8 Å². The first kappa shape index (κ1) is 34.1. The van der Waals surface area contributed by atoms with Crippen LogP contribution in [0.15, 0.2) is 49.3 Å². The van der Waals surface area contributed by atoms with Gasteiger partial charge < -0.3 is 25.1 Å². The first-order valence-corrected chi connectivity index (χ1v) is 19.1. The zero-order valence-corrected chi connectivity index (χ0v) is 29.6. The first-order chi connectivity index (χ1) is 22.7. The fourth-order valence-electron chi connectivity index (χ4n) is 8.11. The molecule has 2 aromatic heterocycles. The topological polar surface area (TPSA) is 132 Å². The summed E-state index contributed by atoms with van der Waals surface area (Å²) in [5.74, 6) is 1.89. The van der Waals surface area contributed by atoms with Gasteiger partial charge in [-0.25, -0.2) is 18.4 Å². The van der Waals surface area contributed by atoms with E-state index in [0.717, 1.165) is 47.7 Å². The molecule has 3 aliphatic rings. The van der Waals surface area contributed by atoms with Crippen LogP contribution in [-0.2, 0) is 14.6 Å². The lowest BCUT2D eigenvalue weighted by Gasteiger charge is -2.62. The lowest BCUT2D eigenvalue weighted by molar-refractivity contribution is -0.128. The highest BCUT2D eigenvalue weighted by molar-refractivity contribution is 7.90. The number of aromatic nitrogens is 3. The molecule has 12 heteroatoms. The van der Waals surface area contributed by atoms with Crippen LogP contribution >= 0.6 is 0 Å². The van der Waals surface area contributed by atoms with Gasteiger partial charge in [-0.1, -0.05) is 25.5 Å². The first-order valence-electron chi connectivity index (χ1n) is 17.1. The smallest absolute Gasteiger partial charge is 0.246 e. The molecular formula is C36H49N7O4S. The summed E-state index contributed by atoms with van der Waals surface area (Å²) in [6.45, 7) is 14.0. The number of aliphatic hydroxyl groups is 1. The number of benzene rings is 1. The van der Waals surface area contributed by atoms with E-state index in [0.29, 0.717) is 50.1 Å². The molecule has 48 heavy (non-hydrogen) atoms. The number of piperidine rings is 1. The molecule has 1 amide bonds. The molecule has 0 radical (unpaired) electrons. The average Bonchev–Trinajstić information content (AvgIpc) is 3.29. The van der Waals surface area contributed by atoms with Crippen molar-refractivity contribution in [3.05, 3.63) is 54.9 Å². The largest absolute Gasteiger partial charge is 0.390 e. The van der Waals surface area contributed by atoms with Crippen molar-refractivity contribution in [1.29, 1.82) is 0 Å². The van der Waals surface area contributed by atoms with Crippen LogP contribution in [0, 0.1) is 5.92 Å². The Balaban J connectivity index is 1.40. The second-order valence-electron chi connectivity index (χ2n) is 14.7. The van der Waals surface area contributed by atoms with Gasteiger partial charge in [0.2, 0.25) is 11.9 Å². The van der Waals surface area contributed by atoms with Gasteiger partial charge in [0.25, 0.3) is 0 Å². The second kappa shape index (κ2) is 12.9. The fourth-order valence-corrected chi connectivity index (χ4v) is 9.45. The number of rotatable bonds is 8. The number of nitrogens with zero attached hydrogens (tertiary/aromatic N) is 6. The van der Waals surface area contributed by atoms with Crippen LogP contribution in [0.5, 0.6) is 0 Å². The van der Waals surface area contributed by atoms with Gasteiger partial charge in [-0.3, -0.25) is 4.79 Å². The summed E-state index contributed by atoms with van der Waals surface area (Å²) >= 11 is 0. The van der Waals surface area contributed by atoms with E-state index < -0.39 is 15.4 Å². The Hall–Kier alpha value is -3.77. The van der Waals surface area contributed by atoms with Crippen LogP contribution in [0.2, 0.25) is 0 Å². The Bertz CT molecular complexity index is 1800. The van der Waals surface area contributed by atoms with Crippen molar-refractivity contribution in [2.24, 2.45) is 5.92 Å². The maximum atomic E-state index is 13.1. The van der Waals surface area contributed by atoms with Crippen LogP contribution < -0.4 is 15.1 Å². The van der Waals surface area contributed by atoms with Gasteiger partial charge in [0, 0.05) is 66.9 Å². The molecule has 0 saturated carbocycles. The van der Waals surface area contributed by atoms with Crippen LogP contribution in [0.4, 0.5) is 23.3 Å². The summed E-state index contributed by atoms with van der Waals surface area (Å²) < 4.78 is 24.6. The number of fused-ring (bicyclic) bond motifs is 1. The third-order valence-corrected chi connectivity index (χ3v) is 11.7. The zero-order chi connectivity index (χ0) is 34.4. The van der Waals surface area contributed by atoms with Crippen LogP contribution in [0.1, 0.15) is 77.8 Å². The number of pyridine rings is 1. The number of hydrogen-bond acceptors (Lipinski definition) is 10. The Morgan fingerprint density at radius 3 is 2.50 bits per heavy atom. The number of carbonyl (C=O) groups excluding carboxylic acids is 1. The van der Waals surface area contributed by atoms with Gasteiger partial charge in [-0.15, -0.1) is 0 Å². The molecule has 3 fully saturated rings. The van der Waals surface area contributed by atoms with Crippen LogP contribution in [0.3, 0.4) is 0 Å². The Labute approximate surface area is 284 Å². The van der Waals surface area contributed by atoms with E-state index in [4.69, 9.17) is 9.97 Å². The van der Waals surface area contributed by atoms with Crippen molar-refractivity contribution in [2.45, 2.75) is 89.4 Å². The summed E-state index contributed by atoms with van der Waals surface area (Å²) in [6.07, 6.45) is 11.5. The summed E-state index contributed by atoms with van der Waals surface area (Å²) in [4.78, 5) is 33.6. The minimum Gasteiger partial charge on any atom is -0.390 e. The molecule has 5 heterocycles. The number of amides is 1. The van der Waals surface area contributed by atoms with Gasteiger partial charge in [0.05, 0.1) is 17.4 Å². The number of anilines is 4. The zero-order valence-electron chi connectivity index (χ0n) is 28.8. The monoisotopic (exact) mass is 675 g/mol. The van der Waals surface area contributed by atoms with E-state index in [2.05, 4.69) is 59.6 Å². The molecule has 0 spiro atoms. The lowest BCUT2D eigenvalue weighted by atomic mass is 9.71. The van der Waals surface area contributed by atoms with E-state index >= 15 is 0 Å². The predicted octanol–water partition coefficient (Wildman–Crippen LogP) is 5.40. The minimum absolute atomic E-state index is 0.0104. The molecule has 3 aromatic rings. The SMILES string of the molecule is C=CC(=O)N1CCCCC[C@@H]1c1ccc(N2[C@H](C)[C@@H](CS(C)(=O)=O)C2(C)C)c2cnc(Nc3ccnc(N4CCC(C)(O)CC4)n3)cc12. The minimum atomic E-state index is -3.15. The molecule has 0 bridgehead atoms. The van der Waals surface area contributed by atoms with Crippen molar-refractivity contribution in [3.8, 4) is 0 Å². The molecule has 258 valence electrons. The predicted molar refractivity (Wildman–Crippen MR) is 191 cm³/mol. The van der Waals surface area contributed by atoms with E-state index in [1.54, 1.807) is 6.20 Å². The van der Waals surface area contributed by atoms with Gasteiger partial charge in [-0.2, -0.15) is 4.98 Å². The van der Waals surface area contributed by atoms with Gasteiger partial charge >= 0.3 is 0 Å². The molecular weight excluding hydrogens is 627 g/mol. The normalized spacial score (nSPS) is 24.1. The van der Waals surface area contributed by atoms with Crippen molar-refractivity contribution in [1.82, 2.24) is 19.9 Å². The number of sulfone groups is 1. The van der Waals surface area contributed by atoms with Gasteiger partial charge in [0.1, 0.15) is 21.5 Å². The number of carbonyl (C=O) groups is 1. The summed E-state index contributed by atoms with van der Waals surface area (Å²) in [6, 6.07) is 8.01. The van der Waals surface area contributed by atoms with E-state index in [1.165, 1.54) is 12.3 Å². The van der Waals surface area contributed by atoms with E-state index in [1.807, 2.05) is 30.2 Å². The van der Waals surface area contributed by atoms with Gasteiger partial charge in [-0.05, 0) is 88.6 Å². The number of likely N-dealkylation sites (tertiary alicyclic amines) is 1. The highest BCUT2D eigenvalue weighted by Gasteiger charge is 2.53. The summed E-state index contributed by atoms with van der Waals surface area (Å²) in [5, 5.41) is 15.7. The maximum Gasteiger partial charge on any atom is 0.246 e. The number of hydrogen-bond donors (Lipinski definition) is 2. The molecule has 1 aromatic carbocycles. The molecule has 3 atom stereocenters. The molecule has 0 aliphatic carbocycles. The maximum absolute atomic E-state index is 13.1. The van der Waals surface area contributed by atoms with Gasteiger partial charge in [0.15, 0.2) is 0 Å². The van der Waals surface area contributed by atoms with E-state index in [9.17, 15) is 18.3 Å². The molecule has 2 N–H and O–H groups in total. The fraction of sp³-hybridized carbons (Fsp3) is 0.556. The van der Waals surface area contributed by atoms with Crippen molar-refractivity contribution >= 4 is 49.8 Å². The van der Waals surface area contributed by atoms with Crippen molar-refractivity contribution < 1.29 is 18.3 Å². The third kappa shape index (κ3) is 6.74. The Morgan fingerprint density at radius 2 is 1.81 bits per heavy atom. The molecule has 3 aliphatic heterocycles. The molecule has 11 nitrogen and oxygen atoms in total. The Morgan fingerprint density at radius 1 is 1.06 bits per heavy atom. The summed E-state index contributed by atoms with van der Waals surface area (Å²) in [5.41, 5.74) is 0.994. The van der Waals surface area contributed by atoms with Crippen molar-refractivity contribution in [2.75, 3.05) is 46.8 Å². The highest BCUT2D eigenvalue weighted by atomic mass is 32.2. The third-order valence-electron chi connectivity index (χ3n) is 10.8. The lowest BCUT2D eigenvalue weighted by Crippen LogP contribution is -2.71. The standard InChI is InChI=1S/C36H49N7O4S/c1-7-33(44)42-18-10-8-9-11-29(42)25-12-13-30(43-24(2)28(35(43,3)4)23-48(6,46)47)27-22-38-32(21-26(25)27)39-31-14-17-37-34(40-31)41-19-15-36(5,45)16-20-41/h7,12-14,17,21-22,24,28-29,45H,1,8-11,15-16,18-20,23H2,2-6H3,(H,37,38,39,40)/t24-,28-,29-/m1/s1. The Kier molecular flexibility index (Phi) is 9.18. The number of nitrogens with one attached hydrogen (secondary N) is 1. The summed E-state index contributed by atoms with van der Waals surface area (Å²) in [7, 11) is -3.15. The van der Waals surface area contributed by atoms with E-state index in [-0.39, 0.29) is 35.2 Å². The second-order valence-corrected chi connectivity index (χ2v) is 16.9. The van der Waals surface area contributed by atoms with Crippen LogP contribution in [-0.4, -0.2) is 88.1 Å². The highest BCUT2D eigenvalue weighted by Crippen LogP contribution is 2.49. The van der Waals surface area contributed by atoms with Crippen molar-refractivity contribution in [3.63, 3.8) is 0 Å². The quantitative estimate of drug-likeness (QED) is 0.299. The average molecular weight is 676 g/mol. The molecule has 6 rings (SSSR count).